The molecule has 0 atom stereocenters. The molecule has 21 heavy (non-hydrogen) atoms. The molecule has 0 fully saturated rings. The lowest BCUT2D eigenvalue weighted by Gasteiger charge is -2.12. The van der Waals surface area contributed by atoms with E-state index in [0.717, 1.165) is 16.5 Å². The van der Waals surface area contributed by atoms with Crippen LogP contribution >= 0.6 is 27.5 Å². The van der Waals surface area contributed by atoms with E-state index in [2.05, 4.69) is 22.0 Å². The van der Waals surface area contributed by atoms with Crippen molar-refractivity contribution in [1.29, 1.82) is 5.26 Å². The fourth-order valence-corrected chi connectivity index (χ4v) is 2.39. The normalized spacial score (nSPS) is 10.0. The molecule has 0 saturated carbocycles. The maximum absolute atomic E-state index is 8.83. The summed E-state index contributed by atoms with van der Waals surface area (Å²) in [5.41, 5.74) is 2.45. The Bertz CT molecular complexity index is 682. The van der Waals surface area contributed by atoms with Gasteiger partial charge in [-0.15, -0.1) is 0 Å². The molecule has 2 aromatic carbocycles. The second kappa shape index (κ2) is 7.35. The lowest BCUT2D eigenvalue weighted by molar-refractivity contribution is 0.284. The monoisotopic (exact) mass is 365 g/mol. The van der Waals surface area contributed by atoms with Crippen molar-refractivity contribution < 1.29 is 9.47 Å². The van der Waals surface area contributed by atoms with Gasteiger partial charge in [-0.2, -0.15) is 5.26 Å². The Morgan fingerprint density at radius 2 is 2.00 bits per heavy atom. The maximum atomic E-state index is 8.83. The molecule has 0 unspecified atom stereocenters. The Morgan fingerprint density at radius 1 is 1.19 bits per heavy atom. The Kier molecular flexibility index (Phi) is 5.49. The molecule has 0 aliphatic carbocycles. The van der Waals surface area contributed by atoms with Crippen LogP contribution in [0.1, 0.15) is 16.7 Å². The Labute approximate surface area is 137 Å². The highest BCUT2D eigenvalue weighted by atomic mass is 79.9. The van der Waals surface area contributed by atoms with Gasteiger partial charge in [-0.1, -0.05) is 39.7 Å². The van der Waals surface area contributed by atoms with Gasteiger partial charge in [-0.3, -0.25) is 0 Å². The number of benzene rings is 2. The summed E-state index contributed by atoms with van der Waals surface area (Å²) in [6, 6.07) is 13.0. The number of methoxy groups -OCH3 is 1. The van der Waals surface area contributed by atoms with Gasteiger partial charge >= 0.3 is 0 Å². The van der Waals surface area contributed by atoms with Gasteiger partial charge in [0, 0.05) is 15.9 Å². The Morgan fingerprint density at radius 3 is 2.62 bits per heavy atom. The molecule has 0 aliphatic heterocycles. The number of nitriles is 1. The van der Waals surface area contributed by atoms with E-state index in [4.69, 9.17) is 26.3 Å². The predicted molar refractivity (Wildman–Crippen MR) is 86.1 cm³/mol. The molecule has 0 bridgehead atoms. The number of rotatable bonds is 5. The van der Waals surface area contributed by atoms with Crippen LogP contribution in [0.2, 0.25) is 5.02 Å². The van der Waals surface area contributed by atoms with E-state index in [1.807, 2.05) is 18.2 Å². The van der Waals surface area contributed by atoms with Crippen LogP contribution in [0.5, 0.6) is 11.5 Å². The molecule has 0 heterocycles. The maximum Gasteiger partial charge on any atom is 0.161 e. The van der Waals surface area contributed by atoms with E-state index in [0.29, 0.717) is 28.7 Å². The zero-order valence-electron chi connectivity index (χ0n) is 11.4. The summed E-state index contributed by atoms with van der Waals surface area (Å²) >= 11 is 9.55. The molecule has 2 rings (SSSR count). The first-order valence-electron chi connectivity index (χ1n) is 6.22. The summed E-state index contributed by atoms with van der Waals surface area (Å²) in [6.45, 7) is 0.312. The summed E-state index contributed by atoms with van der Waals surface area (Å²) in [4.78, 5) is 0. The Hall–Kier alpha value is -1.70. The minimum atomic E-state index is 0.312. The number of alkyl halides is 1. The minimum absolute atomic E-state index is 0.312. The highest BCUT2D eigenvalue weighted by Crippen LogP contribution is 2.30. The van der Waals surface area contributed by atoms with Crippen LogP contribution in [0.15, 0.2) is 36.4 Å². The van der Waals surface area contributed by atoms with Crippen LogP contribution in [-0.4, -0.2) is 7.11 Å². The van der Waals surface area contributed by atoms with Crippen molar-refractivity contribution in [2.24, 2.45) is 0 Å². The zero-order valence-corrected chi connectivity index (χ0v) is 13.7. The molecule has 108 valence electrons. The minimum Gasteiger partial charge on any atom is -0.493 e. The molecule has 0 spiro atoms. The predicted octanol–water partition coefficient (Wildman–Crippen LogP) is 4.69. The van der Waals surface area contributed by atoms with E-state index < -0.39 is 0 Å². The van der Waals surface area contributed by atoms with Gasteiger partial charge in [0.15, 0.2) is 11.5 Å². The van der Waals surface area contributed by atoms with Crippen molar-refractivity contribution in [3.8, 4) is 17.6 Å². The van der Waals surface area contributed by atoms with Gasteiger partial charge in [0.05, 0.1) is 18.7 Å². The lowest BCUT2D eigenvalue weighted by Crippen LogP contribution is -1.99. The molecule has 2 aromatic rings. The number of nitrogens with zero attached hydrogens (tertiary/aromatic N) is 1. The van der Waals surface area contributed by atoms with E-state index in [9.17, 15) is 0 Å². The molecule has 0 amide bonds. The van der Waals surface area contributed by atoms with Crippen LogP contribution in [0.3, 0.4) is 0 Å². The average Bonchev–Trinajstić information content (AvgIpc) is 2.53. The van der Waals surface area contributed by atoms with Gasteiger partial charge in [0.1, 0.15) is 6.61 Å². The summed E-state index contributed by atoms with van der Waals surface area (Å²) < 4.78 is 11.1. The van der Waals surface area contributed by atoms with Crippen molar-refractivity contribution in [1.82, 2.24) is 0 Å². The van der Waals surface area contributed by atoms with Crippen molar-refractivity contribution in [2.45, 2.75) is 11.9 Å². The summed E-state index contributed by atoms with van der Waals surface area (Å²) in [6.07, 6.45) is 0. The van der Waals surface area contributed by atoms with E-state index in [-0.39, 0.29) is 0 Å². The molecule has 0 saturated heterocycles. The fourth-order valence-electron chi connectivity index (χ4n) is 1.81. The molecule has 5 heteroatoms. The highest BCUT2D eigenvalue weighted by molar-refractivity contribution is 9.08. The number of hydrogen-bond acceptors (Lipinski definition) is 3. The molecule has 0 N–H and O–H groups in total. The van der Waals surface area contributed by atoms with Crippen LogP contribution < -0.4 is 9.47 Å². The fraction of sp³-hybridized carbons (Fsp3) is 0.188. The third-order valence-electron chi connectivity index (χ3n) is 2.95. The third kappa shape index (κ3) is 3.90. The first-order chi connectivity index (χ1) is 10.2. The van der Waals surface area contributed by atoms with Gasteiger partial charge in [-0.25, -0.2) is 0 Å². The van der Waals surface area contributed by atoms with Crippen LogP contribution in [0.25, 0.3) is 0 Å². The molecule has 0 radical (unpaired) electrons. The smallest absolute Gasteiger partial charge is 0.161 e. The molecular formula is C16H13BrClNO2. The Balaban J connectivity index is 2.18. The van der Waals surface area contributed by atoms with Crippen molar-refractivity contribution in [3.63, 3.8) is 0 Å². The lowest BCUT2D eigenvalue weighted by atomic mass is 10.1. The quantitative estimate of drug-likeness (QED) is 0.721. The average molecular weight is 367 g/mol. The van der Waals surface area contributed by atoms with Crippen molar-refractivity contribution in [2.75, 3.05) is 7.11 Å². The molecule has 3 nitrogen and oxygen atoms in total. The second-order valence-corrected chi connectivity index (χ2v) is 5.29. The third-order valence-corrected chi connectivity index (χ3v) is 3.95. The first-order valence-corrected chi connectivity index (χ1v) is 7.72. The van der Waals surface area contributed by atoms with Crippen molar-refractivity contribution >= 4 is 27.5 Å². The molecule has 0 aliphatic rings. The summed E-state index contributed by atoms with van der Waals surface area (Å²) in [7, 11) is 1.60. The van der Waals surface area contributed by atoms with Gasteiger partial charge in [0.2, 0.25) is 0 Å². The largest absolute Gasteiger partial charge is 0.493 e. The van der Waals surface area contributed by atoms with Crippen molar-refractivity contribution in [3.05, 3.63) is 58.1 Å². The SMILES string of the molecule is COc1ccc(CBr)cc1OCc1ccc(C#N)cc1Cl. The number of hydrogen-bond donors (Lipinski definition) is 0. The van der Waals surface area contributed by atoms with E-state index in [1.165, 1.54) is 0 Å². The van der Waals surface area contributed by atoms with Crippen LogP contribution in [0.4, 0.5) is 0 Å². The van der Waals surface area contributed by atoms with Crippen LogP contribution in [0, 0.1) is 11.3 Å². The molecule has 0 aromatic heterocycles. The zero-order chi connectivity index (χ0) is 15.2. The number of ether oxygens (including phenoxy) is 2. The van der Waals surface area contributed by atoms with Gasteiger partial charge < -0.3 is 9.47 Å². The number of halogens is 2. The van der Waals surface area contributed by atoms with Crippen LogP contribution in [-0.2, 0) is 11.9 Å². The highest BCUT2D eigenvalue weighted by Gasteiger charge is 2.08. The van der Waals surface area contributed by atoms with E-state index >= 15 is 0 Å². The summed E-state index contributed by atoms with van der Waals surface area (Å²) in [5.74, 6) is 1.33. The summed E-state index contributed by atoms with van der Waals surface area (Å²) in [5, 5.41) is 10.1. The second-order valence-electron chi connectivity index (χ2n) is 4.33. The first kappa shape index (κ1) is 15.7. The molecular weight excluding hydrogens is 354 g/mol. The van der Waals surface area contributed by atoms with E-state index in [1.54, 1.807) is 25.3 Å². The van der Waals surface area contributed by atoms with Gasteiger partial charge in [-0.05, 0) is 29.8 Å². The van der Waals surface area contributed by atoms with Gasteiger partial charge in [0.25, 0.3) is 0 Å². The standard InChI is InChI=1S/C16H13BrClNO2/c1-20-15-5-3-11(8-17)7-16(15)21-10-13-4-2-12(9-19)6-14(13)18/h2-7H,8,10H2,1H3. The topological polar surface area (TPSA) is 42.2 Å².